The summed E-state index contributed by atoms with van der Waals surface area (Å²) >= 11 is 5.99. The van der Waals surface area contributed by atoms with E-state index in [2.05, 4.69) is 4.98 Å². The first-order valence-corrected chi connectivity index (χ1v) is 7.85. The van der Waals surface area contributed by atoms with Crippen LogP contribution in [0.25, 0.3) is 22.6 Å². The molecule has 2 aromatic carbocycles. The third-order valence-electron chi connectivity index (χ3n) is 3.73. The van der Waals surface area contributed by atoms with Crippen molar-refractivity contribution < 1.29 is 30.4 Å². The second kappa shape index (κ2) is 7.33. The fraction of sp³-hybridized carbons (Fsp3) is 0.0526. The minimum Gasteiger partial charge on any atom is -1.00 e. The lowest BCUT2D eigenvalue weighted by molar-refractivity contribution is -0.687. The molecule has 4 rings (SSSR count). The predicted octanol–water partition coefficient (Wildman–Crippen LogP) is 1.63. The van der Waals surface area contributed by atoms with Crippen LogP contribution in [0.1, 0.15) is 5.56 Å². The van der Waals surface area contributed by atoms with Crippen LogP contribution in [0.3, 0.4) is 0 Å². The summed E-state index contributed by atoms with van der Waals surface area (Å²) < 4.78 is 20.8. The van der Waals surface area contributed by atoms with Crippen molar-refractivity contribution in [2.24, 2.45) is 0 Å². The van der Waals surface area contributed by atoms with E-state index >= 15 is 0 Å². The molecule has 0 N–H and O–H groups in total. The van der Waals surface area contributed by atoms with Crippen molar-refractivity contribution in [1.29, 1.82) is 0 Å². The molecule has 0 aliphatic carbocycles. The largest absolute Gasteiger partial charge is 1.00 e. The molecule has 2 heterocycles. The number of halogens is 3. The summed E-state index contributed by atoms with van der Waals surface area (Å²) in [7, 11) is 0. The van der Waals surface area contributed by atoms with Gasteiger partial charge in [-0.15, -0.1) is 0 Å². The van der Waals surface area contributed by atoms with Gasteiger partial charge in [0, 0.05) is 16.7 Å². The maximum absolute atomic E-state index is 13.0. The van der Waals surface area contributed by atoms with Gasteiger partial charge in [0.05, 0.1) is 0 Å². The van der Waals surface area contributed by atoms with Gasteiger partial charge < -0.3 is 21.4 Å². The van der Waals surface area contributed by atoms with E-state index in [1.54, 1.807) is 24.3 Å². The first-order chi connectivity index (χ1) is 11.7. The molecule has 6 heteroatoms. The molecule has 2 aromatic heterocycles. The molecule has 0 spiro atoms. The molecule has 0 fully saturated rings. The second-order valence-electron chi connectivity index (χ2n) is 5.52. The molecule has 0 aliphatic rings. The Hall–Kier alpha value is -2.24. The van der Waals surface area contributed by atoms with Gasteiger partial charge in [0.25, 0.3) is 0 Å². The zero-order valence-corrected chi connectivity index (χ0v) is 15.3. The van der Waals surface area contributed by atoms with E-state index in [4.69, 9.17) is 16.0 Å². The molecule has 0 aliphatic heterocycles. The van der Waals surface area contributed by atoms with Gasteiger partial charge in [-0.25, -0.2) is 9.37 Å². The van der Waals surface area contributed by atoms with E-state index < -0.39 is 0 Å². The molecule has 0 saturated carbocycles. The Balaban J connectivity index is 0.00000182. The molecular weight excluding hydrogens is 407 g/mol. The lowest BCUT2D eigenvalue weighted by atomic mass is 10.2. The molecule has 0 saturated heterocycles. The van der Waals surface area contributed by atoms with Crippen molar-refractivity contribution in [3.05, 3.63) is 83.4 Å². The molecule has 4 aromatic rings. The number of fused-ring (bicyclic) bond motifs is 1. The van der Waals surface area contributed by atoms with Crippen LogP contribution in [0, 0.1) is 5.82 Å². The maximum atomic E-state index is 13.0. The van der Waals surface area contributed by atoms with Crippen molar-refractivity contribution in [3.63, 3.8) is 0 Å². The van der Waals surface area contributed by atoms with Gasteiger partial charge in [0.2, 0.25) is 5.89 Å². The molecule has 25 heavy (non-hydrogen) atoms. The number of aromatic nitrogens is 2. The van der Waals surface area contributed by atoms with Crippen molar-refractivity contribution >= 4 is 22.7 Å². The molecule has 126 valence electrons. The van der Waals surface area contributed by atoms with Crippen molar-refractivity contribution in [1.82, 2.24) is 4.98 Å². The van der Waals surface area contributed by atoms with Gasteiger partial charge in [-0.1, -0.05) is 11.6 Å². The van der Waals surface area contributed by atoms with Gasteiger partial charge in [-0.3, -0.25) is 0 Å². The highest BCUT2D eigenvalue weighted by molar-refractivity contribution is 6.31. The molecule has 0 radical (unpaired) electrons. The lowest BCUT2D eigenvalue weighted by Crippen LogP contribution is -3.00. The normalized spacial score (nSPS) is 10.6. The first-order valence-electron chi connectivity index (χ1n) is 7.47. The Morgan fingerprint density at radius 1 is 1.08 bits per heavy atom. The quantitative estimate of drug-likeness (QED) is 0.473. The Morgan fingerprint density at radius 2 is 1.88 bits per heavy atom. The Bertz CT molecular complexity index is 1020. The van der Waals surface area contributed by atoms with E-state index in [0.717, 1.165) is 16.6 Å². The highest BCUT2D eigenvalue weighted by Crippen LogP contribution is 2.25. The standard InChI is InChI=1S/C19H13ClFN2O.BrH/c20-15-5-8-18-17(10-15)22-19(24-18)14-2-1-9-23(12-14)11-13-3-6-16(21)7-4-13;/h1-10,12H,11H2;1H/q+1;/p-1. The van der Waals surface area contributed by atoms with Gasteiger partial charge in [-0.2, -0.15) is 4.57 Å². The van der Waals surface area contributed by atoms with Gasteiger partial charge >= 0.3 is 0 Å². The van der Waals surface area contributed by atoms with Gasteiger partial charge in [0.15, 0.2) is 24.5 Å². The van der Waals surface area contributed by atoms with Gasteiger partial charge in [-0.05, 0) is 48.5 Å². The van der Waals surface area contributed by atoms with Crippen molar-refractivity contribution in [2.75, 3.05) is 0 Å². The van der Waals surface area contributed by atoms with E-state index in [1.165, 1.54) is 12.1 Å². The predicted molar refractivity (Wildman–Crippen MR) is 90.2 cm³/mol. The SMILES string of the molecule is Fc1ccc(C[n+]2cccc(-c3nc4cc(Cl)ccc4o3)c2)cc1.[Br-]. The van der Waals surface area contributed by atoms with Crippen molar-refractivity contribution in [2.45, 2.75) is 6.54 Å². The lowest BCUT2D eigenvalue weighted by Gasteiger charge is -1.99. The summed E-state index contributed by atoms with van der Waals surface area (Å²) in [5, 5.41) is 0.627. The molecule has 0 amide bonds. The summed E-state index contributed by atoms with van der Waals surface area (Å²) in [6, 6.07) is 15.7. The fourth-order valence-electron chi connectivity index (χ4n) is 2.57. The summed E-state index contributed by atoms with van der Waals surface area (Å²) in [6.07, 6.45) is 3.90. The Kier molecular flexibility index (Phi) is 5.16. The minimum absolute atomic E-state index is 0. The van der Waals surface area contributed by atoms with Gasteiger partial charge in [0.1, 0.15) is 16.9 Å². The third kappa shape index (κ3) is 3.89. The second-order valence-corrected chi connectivity index (χ2v) is 5.96. The highest BCUT2D eigenvalue weighted by atomic mass is 79.9. The number of benzene rings is 2. The number of hydrogen-bond acceptors (Lipinski definition) is 2. The van der Waals surface area contributed by atoms with Crippen LogP contribution in [-0.4, -0.2) is 4.98 Å². The van der Waals surface area contributed by atoms with E-state index in [0.29, 0.717) is 23.0 Å². The monoisotopic (exact) mass is 418 g/mol. The van der Waals surface area contributed by atoms with Crippen LogP contribution in [0.4, 0.5) is 4.39 Å². The number of nitrogens with zero attached hydrogens (tertiary/aromatic N) is 2. The zero-order chi connectivity index (χ0) is 16.5. The summed E-state index contributed by atoms with van der Waals surface area (Å²) in [4.78, 5) is 4.49. The van der Waals surface area contributed by atoms with Crippen LogP contribution in [-0.2, 0) is 6.54 Å². The number of oxazole rings is 1. The maximum Gasteiger partial charge on any atom is 0.233 e. The van der Waals surface area contributed by atoms with Crippen LogP contribution in [0.15, 0.2) is 71.4 Å². The fourth-order valence-corrected chi connectivity index (χ4v) is 2.74. The molecule has 0 unspecified atom stereocenters. The summed E-state index contributed by atoms with van der Waals surface area (Å²) in [5.74, 6) is 0.309. The molecule has 3 nitrogen and oxygen atoms in total. The zero-order valence-electron chi connectivity index (χ0n) is 13.0. The van der Waals surface area contributed by atoms with Crippen molar-refractivity contribution in [3.8, 4) is 11.5 Å². The Labute approximate surface area is 159 Å². The number of pyridine rings is 1. The van der Waals surface area contributed by atoms with Crippen LogP contribution in [0.5, 0.6) is 0 Å². The van der Waals surface area contributed by atoms with E-state index in [9.17, 15) is 4.39 Å². The van der Waals surface area contributed by atoms with E-state index in [1.807, 2.05) is 35.2 Å². The Morgan fingerprint density at radius 3 is 2.68 bits per heavy atom. The average Bonchev–Trinajstić information content (AvgIpc) is 3.00. The first kappa shape index (κ1) is 17.6. The smallest absolute Gasteiger partial charge is 0.233 e. The molecular formula is C19H13BrClFN2O. The molecule has 0 bridgehead atoms. The van der Waals surface area contributed by atoms with Crippen LogP contribution < -0.4 is 21.5 Å². The van der Waals surface area contributed by atoms with Crippen LogP contribution >= 0.6 is 11.6 Å². The van der Waals surface area contributed by atoms with Crippen LogP contribution in [0.2, 0.25) is 5.02 Å². The third-order valence-corrected chi connectivity index (χ3v) is 3.97. The summed E-state index contributed by atoms with van der Waals surface area (Å²) in [6.45, 7) is 0.639. The summed E-state index contributed by atoms with van der Waals surface area (Å²) in [5.41, 5.74) is 3.31. The molecule has 0 atom stereocenters. The number of hydrogen-bond donors (Lipinski definition) is 0. The highest BCUT2D eigenvalue weighted by Gasteiger charge is 2.12. The average molecular weight is 420 g/mol. The minimum atomic E-state index is -0.234. The number of rotatable bonds is 3. The van der Waals surface area contributed by atoms with E-state index in [-0.39, 0.29) is 22.8 Å². The topological polar surface area (TPSA) is 29.9 Å².